The van der Waals surface area contributed by atoms with Crippen LogP contribution in [-0.2, 0) is 7.05 Å². The fraction of sp³-hybridized carbons (Fsp3) is 0.250. The average Bonchev–Trinajstić information content (AvgIpc) is 3.29. The number of nitrogens with zero attached hydrogens (tertiary/aromatic N) is 5. The van der Waals surface area contributed by atoms with E-state index in [1.165, 1.54) is 12.1 Å². The number of anilines is 1. The van der Waals surface area contributed by atoms with Crippen LogP contribution in [-0.4, -0.2) is 45.3 Å². The zero-order valence-electron chi connectivity index (χ0n) is 15.9. The van der Waals surface area contributed by atoms with Gasteiger partial charge in [0, 0.05) is 36.3 Å². The van der Waals surface area contributed by atoms with Crippen LogP contribution in [0.25, 0.3) is 21.3 Å². The fourth-order valence-corrected chi connectivity index (χ4v) is 4.17. The molecule has 0 fully saturated rings. The van der Waals surface area contributed by atoms with Crippen LogP contribution in [0.3, 0.4) is 0 Å². The quantitative estimate of drug-likeness (QED) is 0.535. The van der Waals surface area contributed by atoms with E-state index in [2.05, 4.69) is 25.3 Å². The topological polar surface area (TPSA) is 58.9 Å². The van der Waals surface area contributed by atoms with Gasteiger partial charge in [-0.05, 0) is 31.8 Å². The summed E-state index contributed by atoms with van der Waals surface area (Å²) in [5, 5.41) is 10.8. The lowest BCUT2D eigenvalue weighted by Crippen LogP contribution is -2.26. The Kier molecular flexibility index (Phi) is 5.06. The van der Waals surface area contributed by atoms with Gasteiger partial charge < -0.3 is 10.2 Å². The molecule has 0 aliphatic rings. The summed E-state index contributed by atoms with van der Waals surface area (Å²) in [7, 11) is 6.00. The number of hydrogen-bond donors (Lipinski definition) is 1. The summed E-state index contributed by atoms with van der Waals surface area (Å²) in [6, 6.07) is 6.66. The van der Waals surface area contributed by atoms with Crippen LogP contribution in [0.4, 0.5) is 10.2 Å². The van der Waals surface area contributed by atoms with Crippen LogP contribution in [0.1, 0.15) is 11.6 Å². The summed E-state index contributed by atoms with van der Waals surface area (Å²) < 4.78 is 15.1. The van der Waals surface area contributed by atoms with E-state index >= 15 is 0 Å². The lowest BCUT2D eigenvalue weighted by atomic mass is 10.1. The molecule has 4 aromatic rings. The number of hydrogen-bond acceptors (Lipinski definition) is 6. The third-order valence-corrected chi connectivity index (χ3v) is 5.61. The average molecular weight is 396 g/mol. The van der Waals surface area contributed by atoms with Crippen molar-refractivity contribution in [2.45, 2.75) is 6.04 Å². The van der Waals surface area contributed by atoms with E-state index < -0.39 is 0 Å². The molecule has 0 amide bonds. The van der Waals surface area contributed by atoms with Crippen molar-refractivity contribution in [3.8, 4) is 11.1 Å². The standard InChI is InChI=1S/C20H21FN6S/c1-26(2)17(14-8-25-27(3)10-14)9-22-19-18-16(11-28-20(18)24-12-23-19)13-4-6-15(21)7-5-13/h4-8,10-12,17H,9H2,1-3H3,(H,22,23,24)/t17-/m1/s1. The molecular formula is C20H21FN6S. The first-order valence-electron chi connectivity index (χ1n) is 8.90. The van der Waals surface area contributed by atoms with Crippen LogP contribution < -0.4 is 5.32 Å². The Hall–Kier alpha value is -2.84. The summed E-state index contributed by atoms with van der Waals surface area (Å²) in [6.07, 6.45) is 5.48. The van der Waals surface area contributed by atoms with E-state index in [0.29, 0.717) is 6.54 Å². The molecular weight excluding hydrogens is 375 g/mol. The highest BCUT2D eigenvalue weighted by Crippen LogP contribution is 2.36. The second-order valence-electron chi connectivity index (χ2n) is 6.87. The molecule has 0 saturated heterocycles. The van der Waals surface area contributed by atoms with Gasteiger partial charge in [0.25, 0.3) is 0 Å². The maximum Gasteiger partial charge on any atom is 0.138 e. The molecule has 6 nitrogen and oxygen atoms in total. The molecule has 0 unspecified atom stereocenters. The molecule has 0 radical (unpaired) electrons. The van der Waals surface area contributed by atoms with Crippen molar-refractivity contribution >= 4 is 27.4 Å². The van der Waals surface area contributed by atoms with Gasteiger partial charge in [0.15, 0.2) is 0 Å². The van der Waals surface area contributed by atoms with E-state index in [0.717, 1.165) is 32.7 Å². The van der Waals surface area contributed by atoms with Crippen LogP contribution in [0.2, 0.25) is 0 Å². The Labute approximate surface area is 166 Å². The van der Waals surface area contributed by atoms with Crippen molar-refractivity contribution in [3.05, 3.63) is 59.7 Å². The number of fused-ring (bicyclic) bond motifs is 1. The smallest absolute Gasteiger partial charge is 0.138 e. The number of rotatable bonds is 6. The van der Waals surface area contributed by atoms with Crippen molar-refractivity contribution in [1.29, 1.82) is 0 Å². The Morgan fingerprint density at radius 3 is 2.68 bits per heavy atom. The van der Waals surface area contributed by atoms with Crippen molar-refractivity contribution in [1.82, 2.24) is 24.6 Å². The molecule has 0 aliphatic carbocycles. The molecule has 8 heteroatoms. The van der Waals surface area contributed by atoms with Gasteiger partial charge in [0.2, 0.25) is 0 Å². The molecule has 1 atom stereocenters. The monoisotopic (exact) mass is 396 g/mol. The van der Waals surface area contributed by atoms with E-state index in [1.54, 1.807) is 34.5 Å². The minimum Gasteiger partial charge on any atom is -0.367 e. The van der Waals surface area contributed by atoms with Crippen molar-refractivity contribution in [2.24, 2.45) is 7.05 Å². The zero-order chi connectivity index (χ0) is 19.7. The minimum atomic E-state index is -0.247. The highest BCUT2D eigenvalue weighted by molar-refractivity contribution is 7.17. The Balaban J connectivity index is 1.67. The van der Waals surface area contributed by atoms with Gasteiger partial charge in [-0.1, -0.05) is 12.1 Å². The maximum atomic E-state index is 13.3. The van der Waals surface area contributed by atoms with Crippen LogP contribution >= 0.6 is 11.3 Å². The van der Waals surface area contributed by atoms with E-state index in [4.69, 9.17) is 0 Å². The van der Waals surface area contributed by atoms with E-state index in [1.807, 2.05) is 38.9 Å². The lowest BCUT2D eigenvalue weighted by molar-refractivity contribution is 0.311. The van der Waals surface area contributed by atoms with Gasteiger partial charge >= 0.3 is 0 Å². The first kappa shape index (κ1) is 18.5. The highest BCUT2D eigenvalue weighted by atomic mass is 32.1. The van der Waals surface area contributed by atoms with E-state index in [9.17, 15) is 4.39 Å². The first-order chi connectivity index (χ1) is 13.5. The number of aromatic nitrogens is 4. The van der Waals surface area contributed by atoms with Crippen LogP contribution in [0.5, 0.6) is 0 Å². The van der Waals surface area contributed by atoms with Crippen LogP contribution in [0, 0.1) is 5.82 Å². The zero-order valence-corrected chi connectivity index (χ0v) is 16.7. The first-order valence-corrected chi connectivity index (χ1v) is 9.78. The number of thiophene rings is 1. The fourth-order valence-electron chi connectivity index (χ4n) is 3.26. The number of nitrogens with one attached hydrogen (secondary N) is 1. The largest absolute Gasteiger partial charge is 0.367 e. The van der Waals surface area contributed by atoms with Gasteiger partial charge in [-0.25, -0.2) is 14.4 Å². The summed E-state index contributed by atoms with van der Waals surface area (Å²) >= 11 is 1.56. The third kappa shape index (κ3) is 3.61. The number of aryl methyl sites for hydroxylation is 1. The molecule has 3 heterocycles. The molecule has 0 saturated carbocycles. The van der Waals surface area contributed by atoms with Gasteiger partial charge in [0.05, 0.1) is 17.6 Å². The second kappa shape index (κ2) is 7.65. The number of benzene rings is 1. The molecule has 4 rings (SSSR count). The van der Waals surface area contributed by atoms with Crippen molar-refractivity contribution < 1.29 is 4.39 Å². The Bertz CT molecular complexity index is 1090. The summed E-state index contributed by atoms with van der Waals surface area (Å²) in [6.45, 7) is 0.670. The van der Waals surface area contributed by atoms with Gasteiger partial charge in [-0.15, -0.1) is 11.3 Å². The third-order valence-electron chi connectivity index (χ3n) is 4.72. The minimum absolute atomic E-state index is 0.145. The molecule has 0 aliphatic heterocycles. The Morgan fingerprint density at radius 2 is 2.00 bits per heavy atom. The summed E-state index contributed by atoms with van der Waals surface area (Å²) in [5.41, 5.74) is 3.09. The van der Waals surface area contributed by atoms with Crippen molar-refractivity contribution in [3.63, 3.8) is 0 Å². The second-order valence-corrected chi connectivity index (χ2v) is 7.72. The molecule has 1 aromatic carbocycles. The van der Waals surface area contributed by atoms with Crippen molar-refractivity contribution in [2.75, 3.05) is 26.0 Å². The molecule has 3 aromatic heterocycles. The van der Waals surface area contributed by atoms with E-state index in [-0.39, 0.29) is 11.9 Å². The highest BCUT2D eigenvalue weighted by Gasteiger charge is 2.18. The normalized spacial score (nSPS) is 12.6. The number of likely N-dealkylation sites (N-methyl/N-ethyl adjacent to an activating group) is 1. The van der Waals surface area contributed by atoms with Gasteiger partial charge in [-0.3, -0.25) is 4.68 Å². The summed E-state index contributed by atoms with van der Waals surface area (Å²) in [4.78, 5) is 11.9. The van der Waals surface area contributed by atoms with Gasteiger partial charge in [-0.2, -0.15) is 5.10 Å². The van der Waals surface area contributed by atoms with Gasteiger partial charge in [0.1, 0.15) is 22.8 Å². The molecule has 28 heavy (non-hydrogen) atoms. The molecule has 144 valence electrons. The predicted octanol–water partition coefficient (Wildman–Crippen LogP) is 3.95. The molecule has 0 bridgehead atoms. The predicted molar refractivity (Wildman–Crippen MR) is 111 cm³/mol. The SMILES string of the molecule is CN(C)[C@H](CNc1ncnc2scc(-c3ccc(F)cc3)c12)c1cnn(C)c1. The lowest BCUT2D eigenvalue weighted by Gasteiger charge is -2.24. The Morgan fingerprint density at radius 1 is 1.21 bits per heavy atom. The summed E-state index contributed by atoms with van der Waals surface area (Å²) in [5.74, 6) is 0.532. The number of halogens is 1. The van der Waals surface area contributed by atoms with Crippen LogP contribution in [0.15, 0.2) is 48.4 Å². The molecule has 0 spiro atoms. The molecule has 1 N–H and O–H groups in total. The maximum absolute atomic E-state index is 13.3.